The van der Waals surface area contributed by atoms with Gasteiger partial charge in [0.1, 0.15) is 11.6 Å². The largest absolute Gasteiger partial charge is 0.497 e. The number of aromatic amines is 1. The fourth-order valence-corrected chi connectivity index (χ4v) is 2.69. The highest BCUT2D eigenvalue weighted by atomic mass is 19.1. The Kier molecular flexibility index (Phi) is 4.79. The quantitative estimate of drug-likeness (QED) is 0.731. The van der Waals surface area contributed by atoms with Gasteiger partial charge in [-0.1, -0.05) is 12.1 Å². The first-order valence-corrected chi connectivity index (χ1v) is 7.81. The van der Waals surface area contributed by atoms with Gasteiger partial charge >= 0.3 is 0 Å². The number of hydrogen-bond donors (Lipinski definition) is 2. The predicted octanol–water partition coefficient (Wildman–Crippen LogP) is 3.22. The van der Waals surface area contributed by atoms with Crippen LogP contribution in [-0.2, 0) is 17.6 Å². The number of hydrogen-bond acceptors (Lipinski definition) is 2. The van der Waals surface area contributed by atoms with E-state index < -0.39 is 0 Å². The average molecular weight is 326 g/mol. The summed E-state index contributed by atoms with van der Waals surface area (Å²) in [4.78, 5) is 15.1. The molecule has 0 saturated carbocycles. The molecule has 5 heteroatoms. The van der Waals surface area contributed by atoms with Gasteiger partial charge in [0.2, 0.25) is 5.91 Å². The van der Waals surface area contributed by atoms with Crippen molar-refractivity contribution in [3.05, 3.63) is 65.6 Å². The summed E-state index contributed by atoms with van der Waals surface area (Å²) in [5, 5.41) is 3.76. The normalized spacial score (nSPS) is 10.8. The van der Waals surface area contributed by atoms with Gasteiger partial charge in [0, 0.05) is 23.6 Å². The van der Waals surface area contributed by atoms with Crippen molar-refractivity contribution in [1.82, 2.24) is 10.3 Å². The highest BCUT2D eigenvalue weighted by Crippen LogP contribution is 2.19. The van der Waals surface area contributed by atoms with Gasteiger partial charge in [-0.25, -0.2) is 4.39 Å². The number of carbonyl (C=O) groups is 1. The first-order chi connectivity index (χ1) is 11.7. The molecular weight excluding hydrogens is 307 g/mol. The van der Waals surface area contributed by atoms with Crippen LogP contribution in [0.25, 0.3) is 10.9 Å². The Balaban J connectivity index is 1.53. The third kappa shape index (κ3) is 3.74. The SMILES string of the molecule is COc1ccc(CC(=O)NCCc2c[nH]c3ccc(F)cc23)cc1. The second-order valence-electron chi connectivity index (χ2n) is 5.63. The Hall–Kier alpha value is -2.82. The van der Waals surface area contributed by atoms with Crippen LogP contribution in [0.4, 0.5) is 4.39 Å². The van der Waals surface area contributed by atoms with Crippen molar-refractivity contribution in [2.24, 2.45) is 0 Å². The molecule has 1 amide bonds. The van der Waals surface area contributed by atoms with E-state index in [0.717, 1.165) is 27.8 Å². The maximum absolute atomic E-state index is 13.3. The zero-order chi connectivity index (χ0) is 16.9. The summed E-state index contributed by atoms with van der Waals surface area (Å²) in [6, 6.07) is 12.1. The van der Waals surface area contributed by atoms with Crippen LogP contribution in [0.5, 0.6) is 5.75 Å². The van der Waals surface area contributed by atoms with Crippen molar-refractivity contribution in [3.8, 4) is 5.75 Å². The standard InChI is InChI=1S/C19H19FN2O2/c1-24-16-5-2-13(3-6-16)10-19(23)21-9-8-14-12-22-18-7-4-15(20)11-17(14)18/h2-7,11-12,22H,8-10H2,1H3,(H,21,23). The van der Waals surface area contributed by atoms with Gasteiger partial charge in [-0.3, -0.25) is 4.79 Å². The van der Waals surface area contributed by atoms with Gasteiger partial charge in [0.15, 0.2) is 0 Å². The second kappa shape index (κ2) is 7.17. The number of benzene rings is 2. The number of methoxy groups -OCH3 is 1. The fraction of sp³-hybridized carbons (Fsp3) is 0.211. The smallest absolute Gasteiger partial charge is 0.224 e. The monoisotopic (exact) mass is 326 g/mol. The van der Waals surface area contributed by atoms with E-state index in [9.17, 15) is 9.18 Å². The van der Waals surface area contributed by atoms with E-state index in [0.29, 0.717) is 19.4 Å². The van der Waals surface area contributed by atoms with Crippen LogP contribution < -0.4 is 10.1 Å². The molecule has 3 aromatic rings. The van der Waals surface area contributed by atoms with Crippen LogP contribution in [0.2, 0.25) is 0 Å². The third-order valence-corrected chi connectivity index (χ3v) is 3.97. The van der Waals surface area contributed by atoms with Gasteiger partial charge in [0.25, 0.3) is 0 Å². The Morgan fingerprint density at radius 1 is 1.21 bits per heavy atom. The number of carbonyl (C=O) groups excluding carboxylic acids is 1. The zero-order valence-electron chi connectivity index (χ0n) is 13.4. The molecule has 24 heavy (non-hydrogen) atoms. The maximum Gasteiger partial charge on any atom is 0.224 e. The number of rotatable bonds is 6. The summed E-state index contributed by atoms with van der Waals surface area (Å²) in [6.45, 7) is 0.512. The van der Waals surface area contributed by atoms with E-state index in [2.05, 4.69) is 10.3 Å². The topological polar surface area (TPSA) is 54.1 Å². The van der Waals surface area contributed by atoms with Crippen molar-refractivity contribution in [1.29, 1.82) is 0 Å². The summed E-state index contributed by atoms with van der Waals surface area (Å²) in [5.41, 5.74) is 2.83. The molecule has 0 aliphatic rings. The van der Waals surface area contributed by atoms with Crippen molar-refractivity contribution < 1.29 is 13.9 Å². The average Bonchev–Trinajstić information content (AvgIpc) is 2.98. The van der Waals surface area contributed by atoms with Gasteiger partial charge in [-0.15, -0.1) is 0 Å². The lowest BCUT2D eigenvalue weighted by molar-refractivity contribution is -0.120. The Morgan fingerprint density at radius 3 is 2.75 bits per heavy atom. The van der Waals surface area contributed by atoms with E-state index in [-0.39, 0.29) is 11.7 Å². The fourth-order valence-electron chi connectivity index (χ4n) is 2.69. The number of halogens is 1. The molecular formula is C19H19FN2O2. The Bertz CT molecular complexity index is 840. The molecule has 0 radical (unpaired) electrons. The minimum Gasteiger partial charge on any atom is -0.497 e. The molecule has 2 N–H and O–H groups in total. The summed E-state index contributed by atoms with van der Waals surface area (Å²) in [7, 11) is 1.61. The van der Waals surface area contributed by atoms with E-state index in [1.165, 1.54) is 12.1 Å². The molecule has 4 nitrogen and oxygen atoms in total. The summed E-state index contributed by atoms with van der Waals surface area (Å²) in [5.74, 6) is 0.476. The van der Waals surface area contributed by atoms with Crippen LogP contribution in [0.15, 0.2) is 48.7 Å². The van der Waals surface area contributed by atoms with Crippen molar-refractivity contribution in [3.63, 3.8) is 0 Å². The molecule has 0 saturated heterocycles. The molecule has 1 heterocycles. The van der Waals surface area contributed by atoms with E-state index >= 15 is 0 Å². The number of amides is 1. The molecule has 0 bridgehead atoms. The third-order valence-electron chi connectivity index (χ3n) is 3.97. The molecule has 0 aliphatic heterocycles. The summed E-state index contributed by atoms with van der Waals surface area (Å²) >= 11 is 0. The molecule has 1 aromatic heterocycles. The van der Waals surface area contributed by atoms with Gasteiger partial charge in [-0.05, 0) is 47.9 Å². The number of ether oxygens (including phenoxy) is 1. The number of fused-ring (bicyclic) bond motifs is 1. The van der Waals surface area contributed by atoms with E-state index in [1.54, 1.807) is 13.2 Å². The Morgan fingerprint density at radius 2 is 2.00 bits per heavy atom. The van der Waals surface area contributed by atoms with Crippen LogP contribution in [-0.4, -0.2) is 24.5 Å². The van der Waals surface area contributed by atoms with Crippen molar-refractivity contribution in [2.45, 2.75) is 12.8 Å². The van der Waals surface area contributed by atoms with Crippen LogP contribution >= 0.6 is 0 Å². The van der Waals surface area contributed by atoms with Crippen LogP contribution in [0, 0.1) is 5.82 Å². The number of nitrogens with one attached hydrogen (secondary N) is 2. The molecule has 2 aromatic carbocycles. The van der Waals surface area contributed by atoms with E-state index in [1.807, 2.05) is 30.5 Å². The first-order valence-electron chi connectivity index (χ1n) is 7.81. The van der Waals surface area contributed by atoms with Crippen molar-refractivity contribution in [2.75, 3.05) is 13.7 Å². The lowest BCUT2D eigenvalue weighted by atomic mass is 10.1. The van der Waals surface area contributed by atoms with Gasteiger partial charge < -0.3 is 15.0 Å². The van der Waals surface area contributed by atoms with Crippen molar-refractivity contribution >= 4 is 16.8 Å². The minimum absolute atomic E-state index is 0.0359. The molecule has 0 spiro atoms. The molecule has 124 valence electrons. The lowest BCUT2D eigenvalue weighted by Gasteiger charge is -2.06. The second-order valence-corrected chi connectivity index (χ2v) is 5.63. The van der Waals surface area contributed by atoms with Gasteiger partial charge in [0.05, 0.1) is 13.5 Å². The highest BCUT2D eigenvalue weighted by molar-refractivity contribution is 5.83. The summed E-state index contributed by atoms with van der Waals surface area (Å²) < 4.78 is 18.4. The summed E-state index contributed by atoms with van der Waals surface area (Å²) in [6.07, 6.45) is 2.84. The molecule has 0 fully saturated rings. The Labute approximate surface area is 139 Å². The van der Waals surface area contributed by atoms with Gasteiger partial charge in [-0.2, -0.15) is 0 Å². The van der Waals surface area contributed by atoms with Crippen LogP contribution in [0.1, 0.15) is 11.1 Å². The first kappa shape index (κ1) is 16.1. The maximum atomic E-state index is 13.3. The zero-order valence-corrected chi connectivity index (χ0v) is 13.4. The number of aromatic nitrogens is 1. The number of H-pyrrole nitrogens is 1. The predicted molar refractivity (Wildman–Crippen MR) is 91.7 cm³/mol. The molecule has 0 atom stereocenters. The van der Waals surface area contributed by atoms with E-state index in [4.69, 9.17) is 4.74 Å². The molecule has 0 unspecified atom stereocenters. The molecule has 3 rings (SSSR count). The lowest BCUT2D eigenvalue weighted by Crippen LogP contribution is -2.27. The highest BCUT2D eigenvalue weighted by Gasteiger charge is 2.07. The van der Waals surface area contributed by atoms with Crippen LogP contribution in [0.3, 0.4) is 0 Å². The molecule has 0 aliphatic carbocycles. The minimum atomic E-state index is -0.258.